The van der Waals surface area contributed by atoms with Gasteiger partial charge in [0.15, 0.2) is 0 Å². The van der Waals surface area contributed by atoms with E-state index >= 15 is 0 Å². The summed E-state index contributed by atoms with van der Waals surface area (Å²) in [7, 11) is 0. The van der Waals surface area contributed by atoms with Gasteiger partial charge in [0.2, 0.25) is 5.13 Å². The Labute approximate surface area is 124 Å². The summed E-state index contributed by atoms with van der Waals surface area (Å²) in [4.78, 5) is 4.40. The van der Waals surface area contributed by atoms with E-state index in [1.165, 1.54) is 17.7 Å². The number of nitrogens with zero attached hydrogens (tertiary/aromatic N) is 3. The van der Waals surface area contributed by atoms with E-state index in [2.05, 4.69) is 36.2 Å². The van der Waals surface area contributed by atoms with E-state index in [-0.39, 0.29) is 0 Å². The van der Waals surface area contributed by atoms with E-state index in [4.69, 9.17) is 0 Å². The minimum atomic E-state index is 0.299. The maximum absolute atomic E-state index is 4.59. The Morgan fingerprint density at radius 3 is 3.05 bits per heavy atom. The zero-order chi connectivity index (χ0) is 14.2. The Morgan fingerprint density at radius 2 is 2.35 bits per heavy atom. The highest BCUT2D eigenvalue weighted by molar-refractivity contribution is 7.12. The third-order valence-electron chi connectivity index (χ3n) is 3.92. The van der Waals surface area contributed by atoms with Gasteiger partial charge in [-0.2, -0.15) is 5.10 Å². The van der Waals surface area contributed by atoms with E-state index in [1.807, 2.05) is 22.5 Å². The number of thiazole rings is 1. The second-order valence-electron chi connectivity index (χ2n) is 6.32. The van der Waals surface area contributed by atoms with Gasteiger partial charge in [-0.1, -0.05) is 20.8 Å². The molecule has 1 unspecified atom stereocenters. The number of aromatic nitrogens is 3. The molecule has 2 aromatic heterocycles. The molecule has 0 aliphatic heterocycles. The van der Waals surface area contributed by atoms with Gasteiger partial charge in [-0.3, -0.25) is 0 Å². The average Bonchev–Trinajstić information content (AvgIpc) is 3.02. The van der Waals surface area contributed by atoms with Gasteiger partial charge in [0.25, 0.3) is 0 Å². The summed E-state index contributed by atoms with van der Waals surface area (Å²) in [6, 6.07) is 0.419. The largest absolute Gasteiger partial charge is 0.310 e. The highest BCUT2D eigenvalue weighted by atomic mass is 32.1. The molecule has 0 aromatic carbocycles. The third-order valence-corrected chi connectivity index (χ3v) is 4.67. The van der Waals surface area contributed by atoms with Crippen molar-refractivity contribution in [3.8, 4) is 5.13 Å². The smallest absolute Gasteiger partial charge is 0.210 e. The van der Waals surface area contributed by atoms with Crippen LogP contribution in [0, 0.1) is 5.41 Å². The molecule has 20 heavy (non-hydrogen) atoms. The molecule has 0 spiro atoms. The molecular weight excluding hydrogens is 268 g/mol. The summed E-state index contributed by atoms with van der Waals surface area (Å²) in [6.07, 6.45) is 7.26. The molecule has 4 nitrogen and oxygen atoms in total. The number of nitrogens with one attached hydrogen (secondary N) is 1. The molecule has 2 heterocycles. The van der Waals surface area contributed by atoms with Crippen LogP contribution in [0.25, 0.3) is 5.13 Å². The molecule has 0 bridgehead atoms. The predicted molar refractivity (Wildman–Crippen MR) is 82.4 cm³/mol. The Balaban J connectivity index is 1.98. The van der Waals surface area contributed by atoms with Gasteiger partial charge in [-0.25, -0.2) is 9.67 Å². The SMILES string of the molecule is CCCNC1CC(C)(C)Cc2c1cnn2-c1nccs1. The number of fused-ring (bicyclic) bond motifs is 1. The quantitative estimate of drug-likeness (QED) is 0.939. The van der Waals surface area contributed by atoms with Crippen molar-refractivity contribution in [2.24, 2.45) is 5.41 Å². The molecular formula is C15H22N4S. The van der Waals surface area contributed by atoms with Crippen LogP contribution in [0.15, 0.2) is 17.8 Å². The molecule has 0 fully saturated rings. The molecule has 0 amide bonds. The van der Waals surface area contributed by atoms with E-state index in [0.717, 1.165) is 24.5 Å². The Bertz CT molecular complexity index is 571. The van der Waals surface area contributed by atoms with Crippen molar-refractivity contribution in [3.63, 3.8) is 0 Å². The molecule has 1 atom stereocenters. The normalized spacial score (nSPS) is 20.9. The maximum Gasteiger partial charge on any atom is 0.210 e. The van der Waals surface area contributed by atoms with Gasteiger partial charge in [-0.05, 0) is 31.2 Å². The van der Waals surface area contributed by atoms with Crippen LogP contribution in [-0.2, 0) is 6.42 Å². The summed E-state index contributed by atoms with van der Waals surface area (Å²) in [6.45, 7) is 7.95. The molecule has 1 N–H and O–H groups in total. The molecule has 5 heteroatoms. The van der Waals surface area contributed by atoms with Gasteiger partial charge in [-0.15, -0.1) is 11.3 Å². The van der Waals surface area contributed by atoms with Gasteiger partial charge < -0.3 is 5.32 Å². The van der Waals surface area contributed by atoms with Gasteiger partial charge in [0, 0.05) is 23.2 Å². The van der Waals surface area contributed by atoms with E-state index in [0.29, 0.717) is 11.5 Å². The van der Waals surface area contributed by atoms with E-state index in [1.54, 1.807) is 11.3 Å². The van der Waals surface area contributed by atoms with Gasteiger partial charge in [0.1, 0.15) is 0 Å². The van der Waals surface area contributed by atoms with Crippen LogP contribution in [0.5, 0.6) is 0 Å². The maximum atomic E-state index is 4.59. The van der Waals surface area contributed by atoms with Crippen LogP contribution in [-0.4, -0.2) is 21.3 Å². The van der Waals surface area contributed by atoms with E-state index < -0.39 is 0 Å². The van der Waals surface area contributed by atoms with E-state index in [9.17, 15) is 0 Å². The van der Waals surface area contributed by atoms with Crippen LogP contribution in [0.4, 0.5) is 0 Å². The van der Waals surface area contributed by atoms with Crippen molar-refractivity contribution in [2.75, 3.05) is 6.54 Å². The van der Waals surface area contributed by atoms with Crippen molar-refractivity contribution in [1.82, 2.24) is 20.1 Å². The zero-order valence-corrected chi connectivity index (χ0v) is 13.2. The summed E-state index contributed by atoms with van der Waals surface area (Å²) < 4.78 is 2.03. The molecule has 2 aromatic rings. The summed E-state index contributed by atoms with van der Waals surface area (Å²) in [5.74, 6) is 0. The monoisotopic (exact) mass is 290 g/mol. The standard InChI is InChI=1S/C15H22N4S/c1-4-5-16-12-8-15(2,3)9-13-11(12)10-18-19(13)14-17-6-7-20-14/h6-7,10,12,16H,4-5,8-9H2,1-3H3. The van der Waals surface area contributed by atoms with Crippen LogP contribution >= 0.6 is 11.3 Å². The first kappa shape index (κ1) is 13.8. The summed E-state index contributed by atoms with van der Waals surface area (Å²) in [5.41, 5.74) is 2.98. The molecule has 108 valence electrons. The highest BCUT2D eigenvalue weighted by Crippen LogP contribution is 2.41. The Hall–Kier alpha value is -1.20. The first-order valence-electron chi connectivity index (χ1n) is 7.31. The van der Waals surface area contributed by atoms with Crippen LogP contribution in [0.1, 0.15) is 50.9 Å². The molecule has 0 saturated heterocycles. The molecule has 0 saturated carbocycles. The second kappa shape index (κ2) is 5.30. The lowest BCUT2D eigenvalue weighted by Gasteiger charge is -2.35. The van der Waals surface area contributed by atoms with Crippen molar-refractivity contribution >= 4 is 11.3 Å². The number of hydrogen-bond acceptors (Lipinski definition) is 4. The molecule has 0 radical (unpaired) electrons. The predicted octanol–water partition coefficient (Wildman–Crippen LogP) is 3.34. The highest BCUT2D eigenvalue weighted by Gasteiger charge is 2.35. The van der Waals surface area contributed by atoms with Crippen LogP contribution in [0.3, 0.4) is 0 Å². The summed E-state index contributed by atoms with van der Waals surface area (Å²) in [5, 5.41) is 11.2. The Morgan fingerprint density at radius 1 is 1.50 bits per heavy atom. The molecule has 3 rings (SSSR count). The lowest BCUT2D eigenvalue weighted by atomic mass is 9.74. The van der Waals surface area contributed by atoms with Crippen molar-refractivity contribution in [2.45, 2.75) is 46.1 Å². The molecule has 1 aliphatic rings. The first-order valence-corrected chi connectivity index (χ1v) is 8.19. The van der Waals surface area contributed by atoms with Gasteiger partial charge in [0.05, 0.1) is 11.9 Å². The van der Waals surface area contributed by atoms with Crippen LogP contribution < -0.4 is 5.32 Å². The average molecular weight is 290 g/mol. The minimum absolute atomic E-state index is 0.299. The van der Waals surface area contributed by atoms with Crippen molar-refractivity contribution < 1.29 is 0 Å². The Kier molecular flexibility index (Phi) is 3.65. The number of hydrogen-bond donors (Lipinski definition) is 1. The lowest BCUT2D eigenvalue weighted by Crippen LogP contribution is -2.34. The van der Waals surface area contributed by atoms with Crippen molar-refractivity contribution in [3.05, 3.63) is 29.0 Å². The van der Waals surface area contributed by atoms with Crippen LogP contribution in [0.2, 0.25) is 0 Å². The summed E-state index contributed by atoms with van der Waals surface area (Å²) >= 11 is 1.64. The fourth-order valence-corrected chi connectivity index (χ4v) is 3.65. The third kappa shape index (κ3) is 2.52. The second-order valence-corrected chi connectivity index (χ2v) is 7.20. The van der Waals surface area contributed by atoms with Crippen molar-refractivity contribution in [1.29, 1.82) is 0 Å². The van der Waals surface area contributed by atoms with Gasteiger partial charge >= 0.3 is 0 Å². The lowest BCUT2D eigenvalue weighted by molar-refractivity contribution is 0.254. The fraction of sp³-hybridized carbons (Fsp3) is 0.600. The molecule has 1 aliphatic carbocycles. The minimum Gasteiger partial charge on any atom is -0.310 e. The first-order chi connectivity index (χ1) is 9.61. The fourth-order valence-electron chi connectivity index (χ4n) is 3.03. The zero-order valence-electron chi connectivity index (χ0n) is 12.4. The number of rotatable bonds is 4. The topological polar surface area (TPSA) is 42.7 Å².